The standard InChI is InChI=1S/C22H21NO5/c1-27-19-9-5-4-8-18(19)22(26)28-15-12-10-14(11-13-15)23-20(24)16-6-2-3-7-17(16)21(23)25/h4-5,8-13,16-17H,2-3,6-7H2,1H3/t16-,17-/m0/s1. The number of fused-ring (bicyclic) bond motifs is 1. The van der Waals surface area contributed by atoms with E-state index in [1.54, 1.807) is 48.5 Å². The SMILES string of the molecule is COc1ccccc1C(=O)Oc1ccc(N2C(=O)[C@H]3CCCC[C@@H]3C2=O)cc1. The maximum atomic E-state index is 12.7. The van der Waals surface area contributed by atoms with Crippen molar-refractivity contribution in [3.63, 3.8) is 0 Å². The number of carbonyl (C=O) groups excluding carboxylic acids is 3. The Morgan fingerprint density at radius 3 is 2.14 bits per heavy atom. The second-order valence-corrected chi connectivity index (χ2v) is 7.09. The van der Waals surface area contributed by atoms with Crippen LogP contribution >= 0.6 is 0 Å². The molecule has 0 bridgehead atoms. The second kappa shape index (κ2) is 7.46. The van der Waals surface area contributed by atoms with Crippen LogP contribution < -0.4 is 14.4 Å². The van der Waals surface area contributed by atoms with Crippen molar-refractivity contribution >= 4 is 23.5 Å². The molecule has 0 aromatic heterocycles. The van der Waals surface area contributed by atoms with Crippen LogP contribution in [-0.4, -0.2) is 24.9 Å². The smallest absolute Gasteiger partial charge is 0.347 e. The highest BCUT2D eigenvalue weighted by Crippen LogP contribution is 2.40. The third-order valence-corrected chi connectivity index (χ3v) is 5.47. The van der Waals surface area contributed by atoms with Crippen LogP contribution in [0.15, 0.2) is 48.5 Å². The van der Waals surface area contributed by atoms with Crippen molar-refractivity contribution in [3.05, 3.63) is 54.1 Å². The summed E-state index contributed by atoms with van der Waals surface area (Å²) >= 11 is 0. The van der Waals surface area contributed by atoms with Crippen LogP contribution in [-0.2, 0) is 9.59 Å². The number of nitrogens with zero attached hydrogens (tertiary/aromatic N) is 1. The monoisotopic (exact) mass is 379 g/mol. The summed E-state index contributed by atoms with van der Waals surface area (Å²) in [7, 11) is 1.49. The van der Waals surface area contributed by atoms with Crippen molar-refractivity contribution in [2.75, 3.05) is 12.0 Å². The van der Waals surface area contributed by atoms with Gasteiger partial charge in [-0.3, -0.25) is 14.5 Å². The van der Waals surface area contributed by atoms with Gasteiger partial charge in [-0.2, -0.15) is 0 Å². The van der Waals surface area contributed by atoms with Gasteiger partial charge in [0.2, 0.25) is 11.8 Å². The number of rotatable bonds is 4. The van der Waals surface area contributed by atoms with Crippen molar-refractivity contribution in [2.45, 2.75) is 25.7 Å². The van der Waals surface area contributed by atoms with E-state index in [9.17, 15) is 14.4 Å². The number of carbonyl (C=O) groups is 3. The molecular formula is C22H21NO5. The molecule has 0 radical (unpaired) electrons. The molecule has 0 spiro atoms. The van der Waals surface area contributed by atoms with Crippen molar-refractivity contribution < 1.29 is 23.9 Å². The van der Waals surface area contributed by atoms with Crippen molar-refractivity contribution in [1.82, 2.24) is 0 Å². The molecule has 2 aromatic rings. The van der Waals surface area contributed by atoms with Gasteiger partial charge in [0, 0.05) is 0 Å². The zero-order valence-electron chi connectivity index (χ0n) is 15.6. The molecule has 0 unspecified atom stereocenters. The number of hydrogen-bond donors (Lipinski definition) is 0. The zero-order valence-corrected chi connectivity index (χ0v) is 15.6. The summed E-state index contributed by atoms with van der Waals surface area (Å²) in [6, 6.07) is 13.3. The number of para-hydroxylation sites is 1. The van der Waals surface area contributed by atoms with E-state index in [2.05, 4.69) is 0 Å². The maximum Gasteiger partial charge on any atom is 0.347 e. The first-order valence-corrected chi connectivity index (χ1v) is 9.43. The Morgan fingerprint density at radius 2 is 1.54 bits per heavy atom. The van der Waals surface area contributed by atoms with E-state index < -0.39 is 5.97 Å². The van der Waals surface area contributed by atoms with Gasteiger partial charge in [0.1, 0.15) is 17.1 Å². The predicted octanol–water partition coefficient (Wildman–Crippen LogP) is 3.59. The zero-order chi connectivity index (χ0) is 19.7. The Morgan fingerprint density at radius 1 is 0.929 bits per heavy atom. The van der Waals surface area contributed by atoms with Gasteiger partial charge in [0.25, 0.3) is 0 Å². The molecular weight excluding hydrogens is 358 g/mol. The van der Waals surface area contributed by atoms with Gasteiger partial charge in [-0.25, -0.2) is 4.79 Å². The first-order chi connectivity index (χ1) is 13.6. The minimum Gasteiger partial charge on any atom is -0.496 e. The number of benzene rings is 2. The largest absolute Gasteiger partial charge is 0.496 e. The maximum absolute atomic E-state index is 12.7. The Kier molecular flexibility index (Phi) is 4.86. The molecule has 4 rings (SSSR count). The van der Waals surface area contributed by atoms with E-state index in [0.717, 1.165) is 25.7 Å². The fraction of sp³-hybridized carbons (Fsp3) is 0.318. The highest BCUT2D eigenvalue weighted by molar-refractivity contribution is 6.22. The van der Waals surface area contributed by atoms with E-state index in [0.29, 0.717) is 22.7 Å². The lowest BCUT2D eigenvalue weighted by atomic mass is 9.81. The van der Waals surface area contributed by atoms with Crippen molar-refractivity contribution in [2.24, 2.45) is 11.8 Å². The lowest BCUT2D eigenvalue weighted by molar-refractivity contribution is -0.122. The predicted molar refractivity (Wildman–Crippen MR) is 102 cm³/mol. The number of hydrogen-bond acceptors (Lipinski definition) is 5. The van der Waals surface area contributed by atoms with Crippen LogP contribution in [0.3, 0.4) is 0 Å². The number of esters is 1. The van der Waals surface area contributed by atoms with Gasteiger partial charge < -0.3 is 9.47 Å². The van der Waals surface area contributed by atoms with E-state index >= 15 is 0 Å². The molecule has 2 aliphatic rings. The van der Waals surface area contributed by atoms with Crippen molar-refractivity contribution in [1.29, 1.82) is 0 Å². The van der Waals surface area contributed by atoms with Crippen LogP contribution in [0.4, 0.5) is 5.69 Å². The molecule has 1 heterocycles. The molecule has 1 saturated carbocycles. The molecule has 2 aromatic carbocycles. The number of anilines is 1. The quantitative estimate of drug-likeness (QED) is 0.461. The van der Waals surface area contributed by atoms with Crippen LogP contribution in [0.1, 0.15) is 36.0 Å². The third kappa shape index (κ3) is 3.15. The van der Waals surface area contributed by atoms with Crippen LogP contribution in [0.25, 0.3) is 0 Å². The van der Waals surface area contributed by atoms with Gasteiger partial charge in [0.15, 0.2) is 0 Å². The Balaban J connectivity index is 1.51. The van der Waals surface area contributed by atoms with Crippen molar-refractivity contribution in [3.8, 4) is 11.5 Å². The second-order valence-electron chi connectivity index (χ2n) is 7.09. The molecule has 1 aliphatic carbocycles. The number of ether oxygens (including phenoxy) is 2. The summed E-state index contributed by atoms with van der Waals surface area (Å²) in [5.41, 5.74) is 0.838. The number of amides is 2. The molecule has 2 atom stereocenters. The van der Waals surface area contributed by atoms with E-state index in [4.69, 9.17) is 9.47 Å². The van der Waals surface area contributed by atoms with Gasteiger partial charge in [-0.1, -0.05) is 25.0 Å². The van der Waals surface area contributed by atoms with E-state index in [1.165, 1.54) is 12.0 Å². The molecule has 2 fully saturated rings. The fourth-order valence-electron chi connectivity index (χ4n) is 4.06. The van der Waals surface area contributed by atoms with E-state index in [-0.39, 0.29) is 23.7 Å². The summed E-state index contributed by atoms with van der Waals surface area (Å²) in [5.74, 6) is -0.392. The minimum absolute atomic E-state index is 0.117. The normalized spacial score (nSPS) is 21.4. The van der Waals surface area contributed by atoms with Crippen LogP contribution in [0, 0.1) is 11.8 Å². The lowest BCUT2D eigenvalue weighted by Crippen LogP contribution is -2.30. The molecule has 6 heteroatoms. The van der Waals surface area contributed by atoms with Gasteiger partial charge in [-0.15, -0.1) is 0 Å². The molecule has 1 saturated heterocycles. The number of imide groups is 1. The Hall–Kier alpha value is -3.15. The molecule has 1 aliphatic heterocycles. The first kappa shape index (κ1) is 18.2. The minimum atomic E-state index is -0.537. The summed E-state index contributed by atoms with van der Waals surface area (Å²) in [4.78, 5) is 39.0. The van der Waals surface area contributed by atoms with E-state index in [1.807, 2.05) is 0 Å². The summed E-state index contributed by atoms with van der Waals surface area (Å²) < 4.78 is 10.6. The average molecular weight is 379 g/mol. The molecule has 6 nitrogen and oxygen atoms in total. The molecule has 2 amide bonds. The summed E-state index contributed by atoms with van der Waals surface area (Å²) in [6.07, 6.45) is 3.54. The third-order valence-electron chi connectivity index (χ3n) is 5.47. The molecule has 28 heavy (non-hydrogen) atoms. The Bertz CT molecular complexity index is 897. The van der Waals surface area contributed by atoms with Gasteiger partial charge in [0.05, 0.1) is 24.6 Å². The first-order valence-electron chi connectivity index (χ1n) is 9.43. The summed E-state index contributed by atoms with van der Waals surface area (Å²) in [6.45, 7) is 0. The van der Waals surface area contributed by atoms with Crippen LogP contribution in [0.2, 0.25) is 0 Å². The highest BCUT2D eigenvalue weighted by Gasteiger charge is 2.48. The Labute approximate surface area is 163 Å². The molecule has 144 valence electrons. The number of methoxy groups -OCH3 is 1. The summed E-state index contributed by atoms with van der Waals surface area (Å²) in [5, 5.41) is 0. The fourth-order valence-corrected chi connectivity index (χ4v) is 4.06. The van der Waals surface area contributed by atoms with Crippen LogP contribution in [0.5, 0.6) is 11.5 Å². The topological polar surface area (TPSA) is 72.9 Å². The molecule has 0 N–H and O–H groups in total. The van der Waals surface area contributed by atoms with Gasteiger partial charge >= 0.3 is 5.97 Å². The highest BCUT2D eigenvalue weighted by atomic mass is 16.5. The van der Waals surface area contributed by atoms with Gasteiger partial charge in [-0.05, 0) is 49.2 Å². The average Bonchev–Trinajstić information content (AvgIpc) is 2.99. The lowest BCUT2D eigenvalue weighted by Gasteiger charge is -2.19.